The van der Waals surface area contributed by atoms with Gasteiger partial charge in [-0.3, -0.25) is 0 Å². The molecule has 1 aliphatic rings. The van der Waals surface area contributed by atoms with Gasteiger partial charge in [-0.25, -0.2) is 0 Å². The van der Waals surface area contributed by atoms with E-state index in [-0.39, 0.29) is 10.8 Å². The van der Waals surface area contributed by atoms with Crippen LogP contribution in [0.5, 0.6) is 0 Å². The maximum Gasteiger partial charge on any atom is 0.211 e. The van der Waals surface area contributed by atoms with Gasteiger partial charge in [0.1, 0.15) is 22.3 Å². The highest BCUT2D eigenvalue weighted by Crippen LogP contribution is 2.45. The molecule has 0 spiro atoms. The van der Waals surface area contributed by atoms with Crippen molar-refractivity contribution in [1.82, 2.24) is 4.57 Å². The molecule has 5 heterocycles. The lowest BCUT2D eigenvalue weighted by atomic mass is 9.63. The van der Waals surface area contributed by atoms with Gasteiger partial charge in [0.2, 0.25) is 7.28 Å². The summed E-state index contributed by atoms with van der Waals surface area (Å²) >= 11 is 1.93. The average Bonchev–Trinajstić information content (AvgIpc) is 3.95. The first-order valence-electron chi connectivity index (χ1n) is 20.3. The highest BCUT2D eigenvalue weighted by atomic mass is 32.1. The second-order valence-electron chi connectivity index (χ2n) is 18.2. The fourth-order valence-corrected chi connectivity index (χ4v) is 10.7. The average molecular weight is 769 g/mol. The minimum absolute atomic E-state index is 0.0314. The van der Waals surface area contributed by atoms with E-state index in [1.165, 1.54) is 64.5 Å². The molecule has 0 aliphatic carbocycles. The van der Waals surface area contributed by atoms with Crippen LogP contribution in [0.3, 0.4) is 0 Å². The minimum atomic E-state index is 0.0314. The number of hydrogen-bond donors (Lipinski definition) is 1. The van der Waals surface area contributed by atoms with Crippen LogP contribution in [0.2, 0.25) is 0 Å². The number of furan rings is 2. The third-order valence-corrected chi connectivity index (χ3v) is 13.7. The smallest absolute Gasteiger partial charge is 0.211 e. The maximum absolute atomic E-state index is 6.56. The van der Waals surface area contributed by atoms with Crippen LogP contribution in [0.1, 0.15) is 52.7 Å². The SMILES string of the molecule is CC(C)(C)c1ccc(Nc2cc3oc4ccccc4c3cc2-c2ccc3c4cc5c(cc4n4c3c2Bc2sc3ccc(C(C)(C)C)cc3c2-4)oc2ccccc25)cc1. The van der Waals surface area contributed by atoms with Crippen molar-refractivity contribution in [2.45, 2.75) is 52.4 Å². The van der Waals surface area contributed by atoms with E-state index in [1.807, 2.05) is 17.4 Å². The van der Waals surface area contributed by atoms with E-state index >= 15 is 0 Å². The summed E-state index contributed by atoms with van der Waals surface area (Å²) < 4.78 is 18.3. The molecule has 0 radical (unpaired) electrons. The molecule has 0 bridgehead atoms. The van der Waals surface area contributed by atoms with Gasteiger partial charge in [0.25, 0.3) is 0 Å². The van der Waals surface area contributed by atoms with Crippen molar-refractivity contribution in [1.29, 1.82) is 0 Å². The molecule has 6 heteroatoms. The quantitative estimate of drug-likeness (QED) is 0.182. The Morgan fingerprint density at radius 2 is 1.19 bits per heavy atom. The monoisotopic (exact) mass is 768 g/mol. The van der Waals surface area contributed by atoms with E-state index < -0.39 is 0 Å². The normalized spacial score (nSPS) is 13.1. The van der Waals surface area contributed by atoms with Gasteiger partial charge < -0.3 is 18.7 Å². The first kappa shape index (κ1) is 33.9. The van der Waals surface area contributed by atoms with Crippen LogP contribution in [0.15, 0.2) is 136 Å². The van der Waals surface area contributed by atoms with Gasteiger partial charge in [-0.2, -0.15) is 0 Å². The van der Waals surface area contributed by atoms with E-state index in [0.717, 1.165) is 68.1 Å². The lowest BCUT2D eigenvalue weighted by Gasteiger charge is -2.23. The number of benzene rings is 7. The van der Waals surface area contributed by atoms with Crippen molar-refractivity contribution in [3.05, 3.63) is 139 Å². The summed E-state index contributed by atoms with van der Waals surface area (Å²) in [6.07, 6.45) is 0. The predicted molar refractivity (Wildman–Crippen MR) is 250 cm³/mol. The minimum Gasteiger partial charge on any atom is -0.456 e. The van der Waals surface area contributed by atoms with Crippen LogP contribution in [0.4, 0.5) is 11.4 Å². The van der Waals surface area contributed by atoms with E-state index in [9.17, 15) is 0 Å². The molecule has 0 saturated heterocycles. The lowest BCUT2D eigenvalue weighted by molar-refractivity contribution is 0.590. The molecule has 1 N–H and O–H groups in total. The summed E-state index contributed by atoms with van der Waals surface area (Å²) in [4.78, 5) is 0. The topological polar surface area (TPSA) is 43.2 Å². The first-order chi connectivity index (χ1) is 28.0. The molecule has 0 amide bonds. The summed E-state index contributed by atoms with van der Waals surface area (Å²) in [5.41, 5.74) is 15.9. The Balaban J connectivity index is 1.16. The zero-order valence-electron chi connectivity index (χ0n) is 33.5. The molecule has 4 aromatic heterocycles. The van der Waals surface area contributed by atoms with Crippen LogP contribution < -0.4 is 15.6 Å². The Morgan fingerprint density at radius 3 is 1.90 bits per heavy atom. The van der Waals surface area contributed by atoms with Crippen molar-refractivity contribution in [3.63, 3.8) is 0 Å². The Kier molecular flexibility index (Phi) is 6.82. The fourth-order valence-electron chi connectivity index (χ4n) is 9.49. The van der Waals surface area contributed by atoms with Crippen molar-refractivity contribution in [2.75, 3.05) is 5.32 Å². The molecule has 7 aromatic carbocycles. The highest BCUT2D eigenvalue weighted by molar-refractivity contribution is 7.29. The Morgan fingerprint density at radius 1 is 0.534 bits per heavy atom. The largest absolute Gasteiger partial charge is 0.456 e. The second kappa shape index (κ2) is 11.7. The van der Waals surface area contributed by atoms with E-state index in [0.29, 0.717) is 0 Å². The lowest BCUT2D eigenvalue weighted by Crippen LogP contribution is -2.35. The first-order valence-corrected chi connectivity index (χ1v) is 21.1. The van der Waals surface area contributed by atoms with Gasteiger partial charge in [0.15, 0.2) is 0 Å². The molecule has 0 fully saturated rings. The maximum atomic E-state index is 6.56. The van der Waals surface area contributed by atoms with E-state index in [2.05, 4.69) is 173 Å². The Hall–Kier alpha value is -6.24. The van der Waals surface area contributed by atoms with Crippen molar-refractivity contribution >= 4 is 116 Å². The third-order valence-electron chi connectivity index (χ3n) is 12.5. The number of anilines is 2. The van der Waals surface area contributed by atoms with Crippen LogP contribution in [0.25, 0.3) is 92.6 Å². The summed E-state index contributed by atoms with van der Waals surface area (Å²) in [6.45, 7) is 13.7. The Labute approximate surface area is 340 Å². The van der Waals surface area contributed by atoms with Crippen LogP contribution in [0, 0.1) is 0 Å². The van der Waals surface area contributed by atoms with Gasteiger partial charge in [0.05, 0.1) is 16.9 Å². The third kappa shape index (κ3) is 4.88. The number of aromatic nitrogens is 1. The number of para-hydroxylation sites is 2. The van der Waals surface area contributed by atoms with Crippen molar-refractivity contribution in [2.24, 2.45) is 0 Å². The molecule has 280 valence electrons. The second-order valence-corrected chi connectivity index (χ2v) is 19.4. The van der Waals surface area contributed by atoms with Gasteiger partial charge >= 0.3 is 0 Å². The van der Waals surface area contributed by atoms with Gasteiger partial charge in [-0.1, -0.05) is 108 Å². The number of fused-ring (bicyclic) bond motifs is 13. The molecule has 0 unspecified atom stereocenters. The zero-order valence-corrected chi connectivity index (χ0v) is 34.3. The van der Waals surface area contributed by atoms with Crippen molar-refractivity contribution < 1.29 is 8.83 Å². The molecule has 12 rings (SSSR count). The van der Waals surface area contributed by atoms with Crippen LogP contribution in [-0.4, -0.2) is 11.8 Å². The number of thiophene rings is 1. The zero-order chi connectivity index (χ0) is 39.2. The number of nitrogens with one attached hydrogen (secondary N) is 1. The molecule has 1 aliphatic heterocycles. The molecular formula is C52H41BN2O2S. The van der Waals surface area contributed by atoms with Crippen molar-refractivity contribution in [3.8, 4) is 16.8 Å². The van der Waals surface area contributed by atoms with Crippen LogP contribution >= 0.6 is 11.3 Å². The summed E-state index contributed by atoms with van der Waals surface area (Å²) in [5, 5.41) is 12.2. The number of hydrogen-bond acceptors (Lipinski definition) is 4. The molecule has 4 nitrogen and oxygen atoms in total. The molecule has 0 saturated carbocycles. The van der Waals surface area contributed by atoms with Gasteiger partial charge in [-0.15, -0.1) is 11.3 Å². The fraction of sp³-hybridized carbons (Fsp3) is 0.154. The standard InChI is InChI=1S/C52H41BN2O2S/c1-51(2,3)28-15-18-30(19-16-28)54-40-26-44-37(31-11-7-9-13-42(31)56-44)24-35(40)33-20-21-34-36-25-38-32-12-8-10-14-43(32)57-45(38)27-41(36)55-48(34)47(33)53-50-49(55)39-23-29(52(4,5)6)17-22-46(39)58-50/h7-27,53-54H,1-6H3. The number of rotatable bonds is 3. The van der Waals surface area contributed by atoms with Gasteiger partial charge in [0, 0.05) is 71.3 Å². The van der Waals surface area contributed by atoms with E-state index in [4.69, 9.17) is 8.83 Å². The summed E-state index contributed by atoms with van der Waals surface area (Å²) in [6, 6.07) is 46.7. The van der Waals surface area contributed by atoms with Crippen LogP contribution in [-0.2, 0) is 10.8 Å². The highest BCUT2D eigenvalue weighted by Gasteiger charge is 2.31. The summed E-state index contributed by atoms with van der Waals surface area (Å²) in [7, 11) is 0.839. The molecule has 11 aromatic rings. The molecular weight excluding hydrogens is 727 g/mol. The van der Waals surface area contributed by atoms with E-state index in [1.54, 1.807) is 0 Å². The Bertz CT molecular complexity index is 3530. The molecule has 58 heavy (non-hydrogen) atoms. The van der Waals surface area contributed by atoms with Gasteiger partial charge in [-0.05, 0) is 86.3 Å². The molecule has 0 atom stereocenters. The number of nitrogens with zero attached hydrogens (tertiary/aromatic N) is 1. The predicted octanol–water partition coefficient (Wildman–Crippen LogP) is 13.5. The summed E-state index contributed by atoms with van der Waals surface area (Å²) in [5.74, 6) is 0.